The molecule has 0 aliphatic carbocycles. The number of carbonyl (C=O) groups excluding carboxylic acids is 2. The lowest BCUT2D eigenvalue weighted by atomic mass is 9.96. The maximum atomic E-state index is 12.7. The Bertz CT molecular complexity index is 740. The van der Waals surface area contributed by atoms with Crippen LogP contribution in [-0.2, 0) is 16.1 Å². The van der Waals surface area contributed by atoms with Gasteiger partial charge in [-0.25, -0.2) is 4.98 Å². The van der Waals surface area contributed by atoms with Gasteiger partial charge in [0.05, 0.1) is 23.7 Å². The summed E-state index contributed by atoms with van der Waals surface area (Å²) in [6.45, 7) is 3.70. The fraction of sp³-hybridized carbons (Fsp3) is 0.421. The molecule has 138 valence electrons. The molecule has 1 saturated heterocycles. The fourth-order valence-electron chi connectivity index (χ4n) is 2.95. The minimum Gasteiger partial charge on any atom is -0.487 e. The number of benzene rings is 1. The number of esters is 1. The van der Waals surface area contributed by atoms with E-state index in [-0.39, 0.29) is 17.8 Å². The molecular weight excluding hydrogens is 352 g/mol. The van der Waals surface area contributed by atoms with E-state index in [4.69, 9.17) is 9.47 Å². The predicted octanol–water partition coefficient (Wildman–Crippen LogP) is 3.14. The molecule has 6 nitrogen and oxygen atoms in total. The van der Waals surface area contributed by atoms with Gasteiger partial charge in [0.15, 0.2) is 0 Å². The number of rotatable bonds is 6. The molecule has 2 aromatic rings. The molecule has 0 N–H and O–H groups in total. The maximum Gasteiger partial charge on any atom is 0.309 e. The van der Waals surface area contributed by atoms with E-state index in [1.54, 1.807) is 29.5 Å². The lowest BCUT2D eigenvalue weighted by Gasteiger charge is -2.31. The summed E-state index contributed by atoms with van der Waals surface area (Å²) in [6, 6.07) is 7.19. The second-order valence-corrected chi connectivity index (χ2v) is 6.83. The van der Waals surface area contributed by atoms with Crippen molar-refractivity contribution in [3.05, 3.63) is 46.4 Å². The van der Waals surface area contributed by atoms with Crippen LogP contribution in [0.25, 0.3) is 0 Å². The highest BCUT2D eigenvalue weighted by atomic mass is 32.1. The van der Waals surface area contributed by atoms with Gasteiger partial charge in [-0.2, -0.15) is 0 Å². The highest BCUT2D eigenvalue weighted by molar-refractivity contribution is 7.07. The van der Waals surface area contributed by atoms with Crippen molar-refractivity contribution in [1.82, 2.24) is 9.88 Å². The van der Waals surface area contributed by atoms with E-state index in [1.165, 1.54) is 11.3 Å². The molecule has 0 bridgehead atoms. The van der Waals surface area contributed by atoms with Gasteiger partial charge in [-0.05, 0) is 38.0 Å². The highest BCUT2D eigenvalue weighted by Gasteiger charge is 2.28. The molecule has 2 heterocycles. The number of thiazole rings is 1. The van der Waals surface area contributed by atoms with Crippen LogP contribution in [0.1, 0.15) is 35.8 Å². The molecule has 1 aliphatic rings. The number of ether oxygens (including phenoxy) is 2. The number of piperidine rings is 1. The van der Waals surface area contributed by atoms with Gasteiger partial charge in [0, 0.05) is 24.0 Å². The molecule has 0 radical (unpaired) electrons. The summed E-state index contributed by atoms with van der Waals surface area (Å²) in [5.41, 5.74) is 3.22. The normalized spacial score (nSPS) is 14.9. The van der Waals surface area contributed by atoms with Crippen LogP contribution in [-0.4, -0.2) is 41.5 Å². The summed E-state index contributed by atoms with van der Waals surface area (Å²) in [5.74, 6) is 0.348. The van der Waals surface area contributed by atoms with E-state index in [0.29, 0.717) is 50.5 Å². The third-order valence-electron chi connectivity index (χ3n) is 4.35. The summed E-state index contributed by atoms with van der Waals surface area (Å²) in [7, 11) is 0. The van der Waals surface area contributed by atoms with Crippen molar-refractivity contribution in [3.63, 3.8) is 0 Å². The van der Waals surface area contributed by atoms with Crippen LogP contribution in [0, 0.1) is 5.92 Å². The lowest BCUT2D eigenvalue weighted by molar-refractivity contribution is -0.149. The Morgan fingerprint density at radius 1 is 1.31 bits per heavy atom. The molecule has 1 amide bonds. The fourth-order valence-corrected chi connectivity index (χ4v) is 3.49. The average molecular weight is 374 g/mol. The molecule has 1 aromatic heterocycles. The van der Waals surface area contributed by atoms with E-state index in [2.05, 4.69) is 4.98 Å². The van der Waals surface area contributed by atoms with Crippen LogP contribution >= 0.6 is 11.3 Å². The number of aromatic nitrogens is 1. The first kappa shape index (κ1) is 18.4. The van der Waals surface area contributed by atoms with Crippen LogP contribution in [0.5, 0.6) is 5.75 Å². The zero-order valence-electron chi connectivity index (χ0n) is 14.7. The first-order chi connectivity index (χ1) is 12.7. The number of amides is 1. The SMILES string of the molecule is CCOC(=O)C1CCN(C(=O)c2cccc(OCc3cscn3)c2)CC1. The zero-order valence-corrected chi connectivity index (χ0v) is 15.5. The van der Waals surface area contributed by atoms with Crippen LogP contribution in [0.3, 0.4) is 0 Å². The third kappa shape index (κ3) is 4.60. The Morgan fingerprint density at radius 3 is 2.81 bits per heavy atom. The minimum atomic E-state index is -0.156. The van der Waals surface area contributed by atoms with E-state index >= 15 is 0 Å². The summed E-state index contributed by atoms with van der Waals surface area (Å²) < 4.78 is 10.8. The van der Waals surface area contributed by atoms with Gasteiger partial charge in [-0.15, -0.1) is 11.3 Å². The number of carbonyl (C=O) groups is 2. The van der Waals surface area contributed by atoms with E-state index in [1.807, 2.05) is 17.5 Å². The Labute approximate surface area is 156 Å². The quantitative estimate of drug-likeness (QED) is 0.727. The smallest absolute Gasteiger partial charge is 0.309 e. The Balaban J connectivity index is 1.56. The molecule has 0 spiro atoms. The van der Waals surface area contributed by atoms with Crippen LogP contribution in [0.2, 0.25) is 0 Å². The number of hydrogen-bond acceptors (Lipinski definition) is 6. The van der Waals surface area contributed by atoms with Gasteiger partial charge >= 0.3 is 5.97 Å². The van der Waals surface area contributed by atoms with Crippen molar-refractivity contribution < 1.29 is 19.1 Å². The summed E-state index contributed by atoms with van der Waals surface area (Å²) >= 11 is 1.52. The van der Waals surface area contributed by atoms with Crippen molar-refractivity contribution in [2.45, 2.75) is 26.4 Å². The van der Waals surface area contributed by atoms with Gasteiger partial charge in [0.1, 0.15) is 12.4 Å². The Morgan fingerprint density at radius 2 is 2.12 bits per heavy atom. The molecule has 0 saturated carbocycles. The van der Waals surface area contributed by atoms with E-state index in [9.17, 15) is 9.59 Å². The van der Waals surface area contributed by atoms with Gasteiger partial charge in [-0.3, -0.25) is 9.59 Å². The predicted molar refractivity (Wildman–Crippen MR) is 98.1 cm³/mol. The molecule has 0 unspecified atom stereocenters. The summed E-state index contributed by atoms with van der Waals surface area (Å²) in [6.07, 6.45) is 1.29. The van der Waals surface area contributed by atoms with Gasteiger partial charge in [0.2, 0.25) is 0 Å². The largest absolute Gasteiger partial charge is 0.487 e. The first-order valence-corrected chi connectivity index (χ1v) is 9.67. The van der Waals surface area contributed by atoms with Crippen molar-refractivity contribution in [1.29, 1.82) is 0 Å². The van der Waals surface area contributed by atoms with Crippen LogP contribution in [0.15, 0.2) is 35.2 Å². The van der Waals surface area contributed by atoms with Crippen molar-refractivity contribution in [2.24, 2.45) is 5.92 Å². The molecule has 1 aliphatic heterocycles. The highest BCUT2D eigenvalue weighted by Crippen LogP contribution is 2.22. The molecule has 1 fully saturated rings. The summed E-state index contributed by atoms with van der Waals surface area (Å²) in [4.78, 5) is 30.5. The summed E-state index contributed by atoms with van der Waals surface area (Å²) in [5, 5.41) is 1.93. The molecule has 26 heavy (non-hydrogen) atoms. The lowest BCUT2D eigenvalue weighted by Crippen LogP contribution is -2.40. The zero-order chi connectivity index (χ0) is 18.4. The van der Waals surface area contributed by atoms with Crippen molar-refractivity contribution >= 4 is 23.2 Å². The standard InChI is InChI=1S/C19H22N2O4S/c1-2-24-19(23)14-6-8-21(9-7-14)18(22)15-4-3-5-17(10-15)25-11-16-12-26-13-20-16/h3-5,10,12-14H,2,6-9,11H2,1H3. The topological polar surface area (TPSA) is 68.7 Å². The van der Waals surface area contributed by atoms with Gasteiger partial charge in [-0.1, -0.05) is 6.07 Å². The van der Waals surface area contributed by atoms with Gasteiger partial charge < -0.3 is 14.4 Å². The van der Waals surface area contributed by atoms with Crippen LogP contribution < -0.4 is 4.74 Å². The van der Waals surface area contributed by atoms with E-state index < -0.39 is 0 Å². The van der Waals surface area contributed by atoms with Crippen molar-refractivity contribution in [2.75, 3.05) is 19.7 Å². The molecule has 0 atom stereocenters. The number of hydrogen-bond donors (Lipinski definition) is 0. The minimum absolute atomic E-state index is 0.0357. The Kier molecular flexibility index (Phi) is 6.22. The van der Waals surface area contributed by atoms with Crippen molar-refractivity contribution in [3.8, 4) is 5.75 Å². The number of nitrogens with zero attached hydrogens (tertiary/aromatic N) is 2. The Hall–Kier alpha value is -2.41. The second-order valence-electron chi connectivity index (χ2n) is 6.11. The van der Waals surface area contributed by atoms with Gasteiger partial charge in [0.25, 0.3) is 5.91 Å². The average Bonchev–Trinajstić information content (AvgIpc) is 3.20. The second kappa shape index (κ2) is 8.80. The molecule has 1 aromatic carbocycles. The van der Waals surface area contributed by atoms with Crippen LogP contribution in [0.4, 0.5) is 0 Å². The monoisotopic (exact) mass is 374 g/mol. The molecular formula is C19H22N2O4S. The number of likely N-dealkylation sites (tertiary alicyclic amines) is 1. The van der Waals surface area contributed by atoms with E-state index in [0.717, 1.165) is 5.69 Å². The maximum absolute atomic E-state index is 12.7. The third-order valence-corrected chi connectivity index (χ3v) is 4.99. The first-order valence-electron chi connectivity index (χ1n) is 8.73. The molecule has 7 heteroatoms. The molecule has 3 rings (SSSR count).